The molecule has 0 atom stereocenters. The smallest absolute Gasteiger partial charge is 0.172 e. The molecule has 0 spiro atoms. The molecule has 1 N–H and O–H groups in total. The lowest BCUT2D eigenvalue weighted by Gasteiger charge is -2.13. The molecule has 2 rings (SSSR count). The van der Waals surface area contributed by atoms with Crippen molar-refractivity contribution in [2.45, 2.75) is 27.2 Å². The zero-order valence-corrected chi connectivity index (χ0v) is 18.2. The Labute approximate surface area is 159 Å². The van der Waals surface area contributed by atoms with Gasteiger partial charge in [-0.15, -0.1) is 11.3 Å². The molecule has 0 aliphatic heterocycles. The molecule has 0 saturated heterocycles. The van der Waals surface area contributed by atoms with Crippen LogP contribution in [0.15, 0.2) is 14.3 Å². The highest BCUT2D eigenvalue weighted by molar-refractivity contribution is 14.1. The van der Waals surface area contributed by atoms with Crippen LogP contribution in [0.25, 0.3) is 10.7 Å². The van der Waals surface area contributed by atoms with Crippen molar-refractivity contribution >= 4 is 71.6 Å². The molecule has 2 heterocycles. The van der Waals surface area contributed by atoms with Crippen molar-refractivity contribution in [2.75, 3.05) is 11.9 Å². The van der Waals surface area contributed by atoms with Crippen LogP contribution in [0, 0.1) is 9.49 Å². The number of hydrogen-bond acceptors (Lipinski definition) is 4. The molecule has 0 saturated carbocycles. The topological polar surface area (TPSA) is 37.8 Å². The first-order valence-electron chi connectivity index (χ1n) is 6.67. The van der Waals surface area contributed by atoms with Crippen LogP contribution in [0.3, 0.4) is 0 Å². The third kappa shape index (κ3) is 4.39. The molecule has 0 bridgehead atoms. The number of rotatable bonds is 5. The van der Waals surface area contributed by atoms with Crippen LogP contribution >= 0.6 is 65.8 Å². The molecule has 2 aromatic heterocycles. The summed E-state index contributed by atoms with van der Waals surface area (Å²) in [7, 11) is 0. The van der Waals surface area contributed by atoms with Crippen molar-refractivity contribution in [2.24, 2.45) is 5.92 Å². The van der Waals surface area contributed by atoms with E-state index in [1.165, 1.54) is 0 Å². The second kappa shape index (κ2) is 7.70. The zero-order valence-electron chi connectivity index (χ0n) is 12.0. The molecule has 0 aliphatic rings. The minimum absolute atomic E-state index is 0.567. The third-order valence-corrected chi connectivity index (χ3v) is 7.12. The highest BCUT2D eigenvalue weighted by atomic mass is 127. The van der Waals surface area contributed by atoms with E-state index >= 15 is 0 Å². The Hall–Kier alpha value is 0.270. The molecule has 114 valence electrons. The summed E-state index contributed by atoms with van der Waals surface area (Å²) >= 11 is 11.0. The van der Waals surface area contributed by atoms with E-state index in [1.807, 2.05) is 0 Å². The molecule has 0 unspecified atom stereocenters. The van der Waals surface area contributed by atoms with E-state index in [2.05, 4.69) is 86.6 Å². The van der Waals surface area contributed by atoms with Gasteiger partial charge < -0.3 is 5.32 Å². The van der Waals surface area contributed by atoms with Gasteiger partial charge in [-0.05, 0) is 79.8 Å². The minimum Gasteiger partial charge on any atom is -0.369 e. The van der Waals surface area contributed by atoms with Crippen LogP contribution in [0.4, 0.5) is 5.82 Å². The van der Waals surface area contributed by atoms with Gasteiger partial charge in [0.15, 0.2) is 5.82 Å². The molecule has 0 fully saturated rings. The predicted octanol–water partition coefficient (Wildman–Crippen LogP) is 5.97. The summed E-state index contributed by atoms with van der Waals surface area (Å²) in [5.41, 5.74) is 1.12. The third-order valence-electron chi connectivity index (χ3n) is 2.73. The first-order chi connectivity index (χ1) is 9.92. The number of anilines is 1. The van der Waals surface area contributed by atoms with Crippen LogP contribution in [0.1, 0.15) is 26.5 Å². The van der Waals surface area contributed by atoms with Crippen LogP contribution in [0.5, 0.6) is 0 Å². The van der Waals surface area contributed by atoms with E-state index in [9.17, 15) is 0 Å². The quantitative estimate of drug-likeness (QED) is 0.472. The van der Waals surface area contributed by atoms with E-state index in [1.54, 1.807) is 11.3 Å². The van der Waals surface area contributed by atoms with Crippen LogP contribution in [-0.4, -0.2) is 16.5 Å². The number of hydrogen-bond donors (Lipinski definition) is 1. The molecular weight excluding hydrogens is 529 g/mol. The van der Waals surface area contributed by atoms with Gasteiger partial charge in [-0.1, -0.05) is 13.8 Å². The Bertz CT molecular complexity index is 624. The van der Waals surface area contributed by atoms with Crippen molar-refractivity contribution in [3.8, 4) is 10.7 Å². The van der Waals surface area contributed by atoms with Gasteiger partial charge in [-0.2, -0.15) is 0 Å². The maximum Gasteiger partial charge on any atom is 0.172 e. The van der Waals surface area contributed by atoms with E-state index in [-0.39, 0.29) is 0 Å². The largest absolute Gasteiger partial charge is 0.369 e. The van der Waals surface area contributed by atoms with Gasteiger partial charge in [-0.25, -0.2) is 9.97 Å². The second-order valence-electron chi connectivity index (χ2n) is 5.02. The summed E-state index contributed by atoms with van der Waals surface area (Å²) in [5, 5.41) is 3.34. The molecular formula is C14H16Br2IN3S. The SMILES string of the molecule is CCNc1nc(-c2cc(Br)c(Br)s2)nc(CC(C)C)c1I. The van der Waals surface area contributed by atoms with E-state index < -0.39 is 0 Å². The summed E-state index contributed by atoms with van der Waals surface area (Å²) in [6, 6.07) is 2.06. The maximum absolute atomic E-state index is 4.79. The van der Waals surface area contributed by atoms with E-state index in [0.717, 1.165) is 47.0 Å². The minimum atomic E-state index is 0.567. The average Bonchev–Trinajstić information content (AvgIpc) is 2.74. The molecule has 2 aromatic rings. The fourth-order valence-corrected chi connectivity index (χ4v) is 4.49. The van der Waals surface area contributed by atoms with Crippen molar-refractivity contribution in [1.29, 1.82) is 0 Å². The predicted molar refractivity (Wildman–Crippen MR) is 106 cm³/mol. The molecule has 0 amide bonds. The number of thiophene rings is 1. The van der Waals surface area contributed by atoms with E-state index in [4.69, 9.17) is 9.97 Å². The summed E-state index contributed by atoms with van der Waals surface area (Å²) in [6.07, 6.45) is 0.958. The lowest BCUT2D eigenvalue weighted by molar-refractivity contribution is 0.632. The van der Waals surface area contributed by atoms with Crippen molar-refractivity contribution < 1.29 is 0 Å². The molecule has 3 nitrogen and oxygen atoms in total. The van der Waals surface area contributed by atoms with Gasteiger partial charge in [0.05, 0.1) is 17.9 Å². The van der Waals surface area contributed by atoms with Crippen molar-refractivity contribution in [1.82, 2.24) is 9.97 Å². The Balaban J connectivity index is 2.52. The van der Waals surface area contributed by atoms with Crippen LogP contribution in [0.2, 0.25) is 0 Å². The fraction of sp³-hybridized carbons (Fsp3) is 0.429. The number of nitrogens with zero attached hydrogens (tertiary/aromatic N) is 2. The molecule has 0 aliphatic carbocycles. The fourth-order valence-electron chi connectivity index (χ4n) is 1.87. The Morgan fingerprint density at radius 1 is 1.33 bits per heavy atom. The van der Waals surface area contributed by atoms with Gasteiger partial charge >= 0.3 is 0 Å². The molecule has 0 aromatic carbocycles. The van der Waals surface area contributed by atoms with Crippen molar-refractivity contribution in [3.05, 3.63) is 23.6 Å². The zero-order chi connectivity index (χ0) is 15.6. The maximum atomic E-state index is 4.79. The Morgan fingerprint density at radius 2 is 2.05 bits per heavy atom. The molecule has 0 radical (unpaired) electrons. The summed E-state index contributed by atoms with van der Waals surface area (Å²) in [5.74, 6) is 2.29. The summed E-state index contributed by atoms with van der Waals surface area (Å²) < 4.78 is 3.23. The first-order valence-corrected chi connectivity index (χ1v) is 10.2. The van der Waals surface area contributed by atoms with Gasteiger partial charge in [0.25, 0.3) is 0 Å². The van der Waals surface area contributed by atoms with Gasteiger partial charge in [0.2, 0.25) is 0 Å². The van der Waals surface area contributed by atoms with Crippen LogP contribution in [-0.2, 0) is 6.42 Å². The van der Waals surface area contributed by atoms with Gasteiger partial charge in [0, 0.05) is 11.0 Å². The number of halogens is 3. The lowest BCUT2D eigenvalue weighted by Crippen LogP contribution is -2.09. The summed E-state index contributed by atoms with van der Waals surface area (Å²) in [4.78, 5) is 10.5. The van der Waals surface area contributed by atoms with Gasteiger partial charge in [-0.3, -0.25) is 0 Å². The lowest BCUT2D eigenvalue weighted by atomic mass is 10.1. The highest BCUT2D eigenvalue weighted by Crippen LogP contribution is 2.38. The number of nitrogens with one attached hydrogen (secondary N) is 1. The number of aromatic nitrogens is 2. The van der Waals surface area contributed by atoms with Crippen molar-refractivity contribution in [3.63, 3.8) is 0 Å². The van der Waals surface area contributed by atoms with E-state index in [0.29, 0.717) is 5.92 Å². The standard InChI is InChI=1S/C14H16Br2IN3S/c1-4-18-14-11(17)9(5-7(2)3)19-13(20-14)10-6-8(15)12(16)21-10/h6-7H,4-5H2,1-3H3,(H,18,19,20). The Morgan fingerprint density at radius 3 is 2.57 bits per heavy atom. The normalized spacial score (nSPS) is 11.2. The first kappa shape index (κ1) is 17.6. The van der Waals surface area contributed by atoms with Crippen LogP contribution < -0.4 is 5.32 Å². The monoisotopic (exact) mass is 543 g/mol. The van der Waals surface area contributed by atoms with Gasteiger partial charge in [0.1, 0.15) is 5.82 Å². The summed E-state index contributed by atoms with van der Waals surface area (Å²) in [6.45, 7) is 7.36. The second-order valence-corrected chi connectivity index (χ2v) is 9.32. The average molecular weight is 545 g/mol. The Kier molecular flexibility index (Phi) is 6.46. The molecule has 21 heavy (non-hydrogen) atoms. The molecule has 7 heteroatoms. The highest BCUT2D eigenvalue weighted by Gasteiger charge is 2.16.